The average Bonchev–Trinajstić information content (AvgIpc) is 2.28. The largest absolute Gasteiger partial charge is 0.493 e. The van der Waals surface area contributed by atoms with Crippen molar-refractivity contribution < 1.29 is 4.74 Å². The fourth-order valence-corrected chi connectivity index (χ4v) is 1.72. The molecule has 0 spiro atoms. The Morgan fingerprint density at radius 3 is 2.72 bits per heavy atom. The zero-order chi connectivity index (χ0) is 13.8. The Kier molecular flexibility index (Phi) is 5.03. The molecule has 0 unspecified atom stereocenters. The number of hydrogen-bond acceptors (Lipinski definition) is 2. The Bertz CT molecular complexity index is 430. The van der Waals surface area contributed by atoms with E-state index in [2.05, 4.69) is 0 Å². The van der Waals surface area contributed by atoms with Gasteiger partial charge in [0.25, 0.3) is 0 Å². The molecule has 0 radical (unpaired) electrons. The molecule has 0 fully saturated rings. The Morgan fingerprint density at radius 1 is 1.44 bits per heavy atom. The van der Waals surface area contributed by atoms with Crippen molar-refractivity contribution in [3.05, 3.63) is 28.8 Å². The van der Waals surface area contributed by atoms with Crippen LogP contribution in [-0.2, 0) is 0 Å². The van der Waals surface area contributed by atoms with Gasteiger partial charge in [0.05, 0.1) is 12.4 Å². The minimum Gasteiger partial charge on any atom is -0.493 e. The van der Waals surface area contributed by atoms with Crippen molar-refractivity contribution >= 4 is 17.4 Å². The third-order valence-corrected chi connectivity index (χ3v) is 3.32. The van der Waals surface area contributed by atoms with Gasteiger partial charge in [-0.2, -0.15) is 0 Å². The fraction of sp³-hybridized carbons (Fsp3) is 0.500. The van der Waals surface area contributed by atoms with Crippen LogP contribution in [0, 0.1) is 17.7 Å². The molecule has 3 N–H and O–H groups in total. The van der Waals surface area contributed by atoms with Crippen LogP contribution in [0.5, 0.6) is 5.75 Å². The first-order chi connectivity index (χ1) is 8.33. The van der Waals surface area contributed by atoms with Crippen LogP contribution in [0.25, 0.3) is 0 Å². The molecule has 0 heterocycles. The summed E-state index contributed by atoms with van der Waals surface area (Å²) in [6, 6.07) is 5.62. The predicted octanol–water partition coefficient (Wildman–Crippen LogP) is 3.77. The third kappa shape index (κ3) is 4.22. The van der Waals surface area contributed by atoms with Gasteiger partial charge >= 0.3 is 0 Å². The zero-order valence-corrected chi connectivity index (χ0v) is 12.0. The van der Waals surface area contributed by atoms with E-state index in [4.69, 9.17) is 27.5 Å². The summed E-state index contributed by atoms with van der Waals surface area (Å²) in [6.07, 6.45) is 1.69. The van der Waals surface area contributed by atoms with Crippen molar-refractivity contribution in [2.24, 2.45) is 11.1 Å². The predicted molar refractivity (Wildman–Crippen MR) is 76.6 cm³/mol. The number of hydrogen-bond donors (Lipinski definition) is 2. The minimum atomic E-state index is -0.257. The fourth-order valence-electron chi connectivity index (χ4n) is 1.56. The van der Waals surface area contributed by atoms with E-state index in [1.165, 1.54) is 0 Å². The number of ether oxygens (including phenoxy) is 1. The number of aryl methyl sites for hydroxylation is 1. The average molecular weight is 269 g/mol. The van der Waals surface area contributed by atoms with Gasteiger partial charge in [0.2, 0.25) is 0 Å². The molecule has 0 aliphatic carbocycles. The molecule has 1 aromatic rings. The van der Waals surface area contributed by atoms with Crippen LogP contribution in [0.1, 0.15) is 32.3 Å². The molecule has 0 saturated carbocycles. The lowest BCUT2D eigenvalue weighted by Crippen LogP contribution is -2.31. The van der Waals surface area contributed by atoms with Crippen LogP contribution >= 0.6 is 11.6 Å². The van der Waals surface area contributed by atoms with Gasteiger partial charge in [-0.15, -0.1) is 0 Å². The topological polar surface area (TPSA) is 59.1 Å². The molecule has 0 atom stereocenters. The van der Waals surface area contributed by atoms with E-state index in [9.17, 15) is 0 Å². The molecule has 4 heteroatoms. The molecular weight excluding hydrogens is 248 g/mol. The SMILES string of the molecule is Cc1ccc(Cl)cc1OCCCC(C)(C)C(=N)N. The van der Waals surface area contributed by atoms with Crippen LogP contribution < -0.4 is 10.5 Å². The van der Waals surface area contributed by atoms with Gasteiger partial charge in [0.15, 0.2) is 0 Å². The molecule has 100 valence electrons. The van der Waals surface area contributed by atoms with Crippen molar-refractivity contribution in [1.82, 2.24) is 0 Å². The number of amidine groups is 1. The van der Waals surface area contributed by atoms with E-state index in [0.717, 1.165) is 24.2 Å². The Labute approximate surface area is 114 Å². The summed E-state index contributed by atoms with van der Waals surface area (Å²) >= 11 is 5.92. The molecule has 0 aromatic heterocycles. The maximum absolute atomic E-state index is 7.48. The first kappa shape index (κ1) is 14.8. The van der Waals surface area contributed by atoms with E-state index >= 15 is 0 Å². The number of nitrogens with one attached hydrogen (secondary N) is 1. The molecule has 0 amide bonds. The van der Waals surface area contributed by atoms with Crippen LogP contribution in [0.2, 0.25) is 5.02 Å². The molecule has 0 aliphatic rings. The monoisotopic (exact) mass is 268 g/mol. The van der Waals surface area contributed by atoms with Gasteiger partial charge in [-0.1, -0.05) is 31.5 Å². The summed E-state index contributed by atoms with van der Waals surface area (Å²) in [5.41, 5.74) is 6.35. The second-order valence-corrected chi connectivity index (χ2v) is 5.60. The summed E-state index contributed by atoms with van der Waals surface area (Å²) in [4.78, 5) is 0. The molecule has 0 saturated heterocycles. The highest BCUT2D eigenvalue weighted by Crippen LogP contribution is 2.24. The lowest BCUT2D eigenvalue weighted by Gasteiger charge is -2.22. The van der Waals surface area contributed by atoms with Crippen molar-refractivity contribution in [3.8, 4) is 5.75 Å². The van der Waals surface area contributed by atoms with Crippen LogP contribution in [0.4, 0.5) is 0 Å². The van der Waals surface area contributed by atoms with Gasteiger partial charge < -0.3 is 10.5 Å². The summed E-state index contributed by atoms with van der Waals surface area (Å²) in [6.45, 7) is 6.54. The Hall–Kier alpha value is -1.22. The first-order valence-corrected chi connectivity index (χ1v) is 6.44. The van der Waals surface area contributed by atoms with E-state index in [1.807, 2.05) is 39.0 Å². The highest BCUT2D eigenvalue weighted by atomic mass is 35.5. The number of benzene rings is 1. The Morgan fingerprint density at radius 2 is 2.11 bits per heavy atom. The van der Waals surface area contributed by atoms with Crippen LogP contribution in [0.15, 0.2) is 18.2 Å². The Balaban J connectivity index is 2.43. The van der Waals surface area contributed by atoms with Crippen LogP contribution in [-0.4, -0.2) is 12.4 Å². The molecule has 18 heavy (non-hydrogen) atoms. The standard InChI is InChI=1S/C14H21ClN2O/c1-10-5-6-11(15)9-12(10)18-8-4-7-14(2,3)13(16)17/h5-6,9H,4,7-8H2,1-3H3,(H3,16,17). The second-order valence-electron chi connectivity index (χ2n) is 5.16. The van der Waals surface area contributed by atoms with E-state index in [0.29, 0.717) is 11.6 Å². The van der Waals surface area contributed by atoms with Gasteiger partial charge in [-0.25, -0.2) is 0 Å². The van der Waals surface area contributed by atoms with Gasteiger partial charge in [-0.05, 0) is 37.5 Å². The van der Waals surface area contributed by atoms with E-state index in [1.54, 1.807) is 0 Å². The summed E-state index contributed by atoms with van der Waals surface area (Å²) < 4.78 is 5.70. The van der Waals surface area contributed by atoms with Crippen molar-refractivity contribution in [3.63, 3.8) is 0 Å². The van der Waals surface area contributed by atoms with Gasteiger partial charge in [0, 0.05) is 10.4 Å². The first-order valence-electron chi connectivity index (χ1n) is 6.06. The van der Waals surface area contributed by atoms with Gasteiger partial charge in [0.1, 0.15) is 5.75 Å². The lowest BCUT2D eigenvalue weighted by molar-refractivity contribution is 0.285. The van der Waals surface area contributed by atoms with Crippen molar-refractivity contribution in [2.45, 2.75) is 33.6 Å². The summed E-state index contributed by atoms with van der Waals surface area (Å²) in [7, 11) is 0. The molecule has 1 rings (SSSR count). The normalized spacial score (nSPS) is 11.3. The number of halogens is 1. The summed E-state index contributed by atoms with van der Waals surface area (Å²) in [5.74, 6) is 1.05. The summed E-state index contributed by atoms with van der Waals surface area (Å²) in [5, 5.41) is 8.16. The third-order valence-electron chi connectivity index (χ3n) is 3.08. The zero-order valence-electron chi connectivity index (χ0n) is 11.2. The smallest absolute Gasteiger partial charge is 0.123 e. The molecular formula is C14H21ClN2O. The van der Waals surface area contributed by atoms with Crippen molar-refractivity contribution in [2.75, 3.05) is 6.61 Å². The molecule has 0 aliphatic heterocycles. The maximum atomic E-state index is 7.48. The van der Waals surface area contributed by atoms with E-state index in [-0.39, 0.29) is 11.3 Å². The number of nitrogens with two attached hydrogens (primary N) is 1. The molecule has 0 bridgehead atoms. The number of rotatable bonds is 6. The van der Waals surface area contributed by atoms with Crippen molar-refractivity contribution in [1.29, 1.82) is 5.41 Å². The maximum Gasteiger partial charge on any atom is 0.123 e. The highest BCUT2D eigenvalue weighted by molar-refractivity contribution is 6.30. The minimum absolute atomic E-state index is 0.224. The quantitative estimate of drug-likeness (QED) is 0.469. The highest BCUT2D eigenvalue weighted by Gasteiger charge is 2.20. The molecule has 1 aromatic carbocycles. The lowest BCUT2D eigenvalue weighted by atomic mass is 9.87. The van der Waals surface area contributed by atoms with E-state index < -0.39 is 0 Å². The van der Waals surface area contributed by atoms with Gasteiger partial charge in [-0.3, -0.25) is 5.41 Å². The second kappa shape index (κ2) is 6.10. The van der Waals surface area contributed by atoms with Crippen LogP contribution in [0.3, 0.4) is 0 Å². The molecule has 3 nitrogen and oxygen atoms in total.